The minimum atomic E-state index is -0.0753. The van der Waals surface area contributed by atoms with E-state index in [2.05, 4.69) is 11.1 Å². The van der Waals surface area contributed by atoms with Gasteiger partial charge in [-0.05, 0) is 54.3 Å². The van der Waals surface area contributed by atoms with Crippen molar-refractivity contribution in [3.05, 3.63) is 77.0 Å². The first-order valence-electron chi connectivity index (χ1n) is 8.22. The molecular formula is C20H16N4O2. The number of aromatic nitrogens is 1. The molecule has 0 saturated heterocycles. The number of anilines is 1. The van der Waals surface area contributed by atoms with Gasteiger partial charge in [-0.25, -0.2) is 4.98 Å². The average molecular weight is 344 g/mol. The zero-order chi connectivity index (χ0) is 18.1. The van der Waals surface area contributed by atoms with Gasteiger partial charge in [-0.2, -0.15) is 5.26 Å². The highest BCUT2D eigenvalue weighted by atomic mass is 16.5. The number of fused-ring (bicyclic) bond motifs is 1. The maximum atomic E-state index is 9.03. The monoisotopic (exact) mass is 344 g/mol. The number of hydrogen-bond acceptors (Lipinski definition) is 6. The van der Waals surface area contributed by atoms with Crippen molar-refractivity contribution in [2.24, 2.45) is 0 Å². The van der Waals surface area contributed by atoms with Gasteiger partial charge in [0.05, 0.1) is 17.8 Å². The molecule has 1 heterocycles. The second-order valence-corrected chi connectivity index (χ2v) is 6.16. The second-order valence-electron chi connectivity index (χ2n) is 6.16. The minimum absolute atomic E-state index is 0.0753. The van der Waals surface area contributed by atoms with Gasteiger partial charge in [0, 0.05) is 11.3 Å². The van der Waals surface area contributed by atoms with Crippen molar-refractivity contribution in [2.75, 3.05) is 5.73 Å². The summed E-state index contributed by atoms with van der Waals surface area (Å²) in [6.45, 7) is 0. The van der Waals surface area contributed by atoms with Crippen LogP contribution >= 0.6 is 0 Å². The van der Waals surface area contributed by atoms with Gasteiger partial charge in [0.15, 0.2) is 12.2 Å². The fourth-order valence-corrected chi connectivity index (χ4v) is 3.23. The molecule has 0 amide bonds. The van der Waals surface area contributed by atoms with Crippen LogP contribution in [0, 0.1) is 16.7 Å². The first kappa shape index (κ1) is 15.9. The molecule has 1 unspecified atom stereocenters. The largest absolute Gasteiger partial charge is 0.486 e. The quantitative estimate of drug-likeness (QED) is 0.555. The predicted molar refractivity (Wildman–Crippen MR) is 96.1 cm³/mol. The Kier molecular flexibility index (Phi) is 3.90. The Morgan fingerprint density at radius 2 is 2.19 bits per heavy atom. The molecule has 0 aliphatic heterocycles. The number of rotatable bonds is 4. The molecule has 0 saturated carbocycles. The van der Waals surface area contributed by atoms with E-state index in [0.717, 1.165) is 24.0 Å². The highest BCUT2D eigenvalue weighted by molar-refractivity contribution is 6.12. The van der Waals surface area contributed by atoms with E-state index >= 15 is 0 Å². The number of nitrogen functional groups attached to an aromatic ring is 1. The predicted octanol–water partition coefficient (Wildman–Crippen LogP) is 3.61. The van der Waals surface area contributed by atoms with Crippen LogP contribution in [0.25, 0.3) is 0 Å². The molecule has 3 N–H and O–H groups in total. The molecule has 6 nitrogen and oxygen atoms in total. The van der Waals surface area contributed by atoms with Gasteiger partial charge in [0.25, 0.3) is 0 Å². The number of nitrogens with two attached hydrogens (primary N) is 1. The van der Waals surface area contributed by atoms with Gasteiger partial charge < -0.3 is 14.9 Å². The van der Waals surface area contributed by atoms with Crippen molar-refractivity contribution in [2.45, 2.75) is 18.9 Å². The normalized spacial score (nSPS) is 15.3. The molecule has 4 rings (SSSR count). The Bertz CT molecular complexity index is 1020. The van der Waals surface area contributed by atoms with Crippen molar-refractivity contribution in [3.63, 3.8) is 0 Å². The summed E-state index contributed by atoms with van der Waals surface area (Å²) in [7, 11) is 0. The summed E-state index contributed by atoms with van der Waals surface area (Å²) in [5.41, 5.74) is 10.1. The lowest BCUT2D eigenvalue weighted by Crippen LogP contribution is -2.07. The Morgan fingerprint density at radius 1 is 1.31 bits per heavy atom. The number of benzene rings is 2. The molecule has 1 aromatic heterocycles. The molecule has 2 aromatic carbocycles. The topological polar surface area (TPSA) is 109 Å². The zero-order valence-corrected chi connectivity index (χ0v) is 13.9. The van der Waals surface area contributed by atoms with Crippen molar-refractivity contribution in [3.8, 4) is 11.8 Å². The molecule has 1 aliphatic rings. The molecule has 6 heteroatoms. The van der Waals surface area contributed by atoms with Gasteiger partial charge >= 0.3 is 0 Å². The molecule has 1 aliphatic carbocycles. The van der Waals surface area contributed by atoms with Crippen molar-refractivity contribution in [1.82, 2.24) is 4.98 Å². The lowest BCUT2D eigenvalue weighted by atomic mass is 10.1. The van der Waals surface area contributed by atoms with E-state index < -0.39 is 0 Å². The van der Waals surface area contributed by atoms with Crippen LogP contribution in [0.1, 0.15) is 40.5 Å². The summed E-state index contributed by atoms with van der Waals surface area (Å²) in [5.74, 6) is 0.991. The molecule has 0 radical (unpaired) electrons. The van der Waals surface area contributed by atoms with Gasteiger partial charge in [0.1, 0.15) is 17.6 Å². The van der Waals surface area contributed by atoms with Crippen LogP contribution in [0.15, 0.2) is 53.4 Å². The molecule has 0 spiro atoms. The maximum Gasteiger partial charge on any atom is 0.181 e. The summed E-state index contributed by atoms with van der Waals surface area (Å²) in [4.78, 5) is 3.84. The van der Waals surface area contributed by atoms with E-state index in [9.17, 15) is 0 Å². The smallest absolute Gasteiger partial charge is 0.181 e. The SMILES string of the molecule is N#Cc1ccc2c(c1)CCC2Oc1ccc(N)c(C(=N)c2cnco2)c1. The first-order chi connectivity index (χ1) is 12.7. The molecule has 1 atom stereocenters. The Morgan fingerprint density at radius 3 is 2.96 bits per heavy atom. The summed E-state index contributed by atoms with van der Waals surface area (Å²) in [6.07, 6.45) is 4.42. The van der Waals surface area contributed by atoms with Crippen LogP contribution in [0.3, 0.4) is 0 Å². The molecule has 0 fully saturated rings. The Balaban J connectivity index is 1.60. The standard InChI is InChI=1S/C20H16N4O2/c21-9-12-1-4-15-13(7-12)2-6-18(15)26-14-3-5-17(22)16(8-14)20(23)19-10-24-11-25-19/h1,3-5,7-8,10-11,18,23H,2,6,22H2. The van der Waals surface area contributed by atoms with Crippen LogP contribution in [0.2, 0.25) is 0 Å². The van der Waals surface area contributed by atoms with E-state index in [-0.39, 0.29) is 11.8 Å². The summed E-state index contributed by atoms with van der Waals surface area (Å²) in [5, 5.41) is 17.3. The average Bonchev–Trinajstić information content (AvgIpc) is 3.32. The van der Waals surface area contributed by atoms with Crippen LogP contribution in [-0.2, 0) is 6.42 Å². The number of aryl methyl sites for hydroxylation is 1. The van der Waals surface area contributed by atoms with E-state index in [1.54, 1.807) is 18.2 Å². The molecule has 26 heavy (non-hydrogen) atoms. The maximum absolute atomic E-state index is 9.03. The third kappa shape index (κ3) is 2.80. The van der Waals surface area contributed by atoms with E-state index in [1.807, 2.05) is 18.2 Å². The number of hydrogen-bond donors (Lipinski definition) is 2. The van der Waals surface area contributed by atoms with E-state index in [0.29, 0.717) is 28.3 Å². The van der Waals surface area contributed by atoms with E-state index in [1.165, 1.54) is 12.6 Å². The van der Waals surface area contributed by atoms with Crippen molar-refractivity contribution >= 4 is 11.4 Å². The highest BCUT2D eigenvalue weighted by Gasteiger charge is 2.25. The van der Waals surface area contributed by atoms with Gasteiger partial charge in [0.2, 0.25) is 0 Å². The van der Waals surface area contributed by atoms with Crippen molar-refractivity contribution < 1.29 is 9.15 Å². The Hall–Kier alpha value is -3.59. The fourth-order valence-electron chi connectivity index (χ4n) is 3.23. The number of nitrogens with one attached hydrogen (secondary N) is 1. The van der Waals surface area contributed by atoms with Crippen LogP contribution in [0.4, 0.5) is 5.69 Å². The van der Waals surface area contributed by atoms with Crippen molar-refractivity contribution in [1.29, 1.82) is 10.7 Å². The number of oxazole rings is 1. The number of nitrogens with zero attached hydrogens (tertiary/aromatic N) is 2. The second kappa shape index (κ2) is 6.37. The number of ether oxygens (including phenoxy) is 1. The summed E-state index contributed by atoms with van der Waals surface area (Å²) < 4.78 is 11.3. The van der Waals surface area contributed by atoms with Gasteiger partial charge in [-0.1, -0.05) is 6.07 Å². The molecule has 0 bridgehead atoms. The lowest BCUT2D eigenvalue weighted by Gasteiger charge is -2.16. The van der Waals surface area contributed by atoms with Crippen LogP contribution in [-0.4, -0.2) is 10.7 Å². The van der Waals surface area contributed by atoms with Gasteiger partial charge in [-0.3, -0.25) is 5.41 Å². The van der Waals surface area contributed by atoms with Crippen LogP contribution in [0.5, 0.6) is 5.75 Å². The highest BCUT2D eigenvalue weighted by Crippen LogP contribution is 2.36. The third-order valence-electron chi connectivity index (χ3n) is 4.55. The molecule has 128 valence electrons. The van der Waals surface area contributed by atoms with Gasteiger partial charge in [-0.15, -0.1) is 0 Å². The first-order valence-corrected chi connectivity index (χ1v) is 8.22. The third-order valence-corrected chi connectivity index (χ3v) is 4.55. The zero-order valence-electron chi connectivity index (χ0n) is 13.9. The molecule has 3 aromatic rings. The molecular weight excluding hydrogens is 328 g/mol. The lowest BCUT2D eigenvalue weighted by molar-refractivity contribution is 0.207. The summed E-state index contributed by atoms with van der Waals surface area (Å²) in [6, 6.07) is 13.1. The summed E-state index contributed by atoms with van der Waals surface area (Å²) >= 11 is 0. The Labute approximate surface area is 150 Å². The number of nitriles is 1. The minimum Gasteiger partial charge on any atom is -0.486 e. The van der Waals surface area contributed by atoms with Crippen LogP contribution < -0.4 is 10.5 Å². The van der Waals surface area contributed by atoms with E-state index in [4.69, 9.17) is 25.6 Å². The fraction of sp³-hybridized carbons (Fsp3) is 0.150.